The molecule has 0 aliphatic rings. The second-order valence-electron chi connectivity index (χ2n) is 4.66. The van der Waals surface area contributed by atoms with Gasteiger partial charge in [-0.3, -0.25) is 4.90 Å². The number of rotatable bonds is 5. The molecule has 0 aliphatic heterocycles. The van der Waals surface area contributed by atoms with Crippen molar-refractivity contribution in [1.29, 1.82) is 0 Å². The zero-order valence-corrected chi connectivity index (χ0v) is 10.9. The van der Waals surface area contributed by atoms with Gasteiger partial charge in [0.05, 0.1) is 0 Å². The second-order valence-corrected chi connectivity index (χ2v) is 4.66. The summed E-state index contributed by atoms with van der Waals surface area (Å²) >= 11 is 0. The zero-order valence-electron chi connectivity index (χ0n) is 10.9. The van der Waals surface area contributed by atoms with Gasteiger partial charge < -0.3 is 5.48 Å². The molecule has 16 heavy (non-hydrogen) atoms. The Morgan fingerprint density at radius 2 is 1.44 bits per heavy atom. The smallest absolute Gasteiger partial charge is 0.00414 e. The summed E-state index contributed by atoms with van der Waals surface area (Å²) in [5.74, 6) is 0. The van der Waals surface area contributed by atoms with Gasteiger partial charge in [-0.15, -0.1) is 0 Å². The first-order valence-corrected chi connectivity index (χ1v) is 5.91. The van der Waals surface area contributed by atoms with Crippen LogP contribution < -0.4 is 0 Å². The van der Waals surface area contributed by atoms with Crippen LogP contribution in [0, 0.1) is 0 Å². The van der Waals surface area contributed by atoms with Gasteiger partial charge in [-0.25, -0.2) is 0 Å². The van der Waals surface area contributed by atoms with E-state index in [4.69, 9.17) is 0 Å². The number of hydrogen-bond acceptors (Lipinski definition) is 1. The van der Waals surface area contributed by atoms with Crippen molar-refractivity contribution in [3.8, 4) is 0 Å². The molecule has 0 atom stereocenters. The van der Waals surface area contributed by atoms with Gasteiger partial charge in [0.15, 0.2) is 0 Å². The summed E-state index contributed by atoms with van der Waals surface area (Å²) in [6, 6.07) is 12.0. The van der Waals surface area contributed by atoms with E-state index in [1.165, 1.54) is 5.56 Å². The van der Waals surface area contributed by atoms with Gasteiger partial charge in [0.1, 0.15) is 0 Å². The lowest BCUT2D eigenvalue weighted by molar-refractivity contribution is 0.177. The Kier molecular flexibility index (Phi) is 7.02. The molecule has 0 aromatic heterocycles. The highest BCUT2D eigenvalue weighted by Gasteiger charge is 2.12. The third-order valence-electron chi connectivity index (χ3n) is 2.83. The van der Waals surface area contributed by atoms with E-state index in [0.29, 0.717) is 12.1 Å². The first kappa shape index (κ1) is 15.1. The van der Waals surface area contributed by atoms with E-state index >= 15 is 0 Å². The second kappa shape index (κ2) is 7.42. The molecule has 1 aromatic carbocycles. The SMILES string of the molecule is CC(C)N(CCc1ccccc1)C(C)C.O. The van der Waals surface area contributed by atoms with Gasteiger partial charge >= 0.3 is 0 Å². The summed E-state index contributed by atoms with van der Waals surface area (Å²) in [4.78, 5) is 2.53. The van der Waals surface area contributed by atoms with Gasteiger partial charge in [0, 0.05) is 18.6 Å². The topological polar surface area (TPSA) is 34.7 Å². The molecular formula is C14H25NO. The fourth-order valence-electron chi connectivity index (χ4n) is 2.02. The highest BCUT2D eigenvalue weighted by atomic mass is 16.0. The number of nitrogens with zero attached hydrogens (tertiary/aromatic N) is 1. The summed E-state index contributed by atoms with van der Waals surface area (Å²) in [6.07, 6.45) is 1.15. The third-order valence-corrected chi connectivity index (χ3v) is 2.83. The van der Waals surface area contributed by atoms with Crippen molar-refractivity contribution in [1.82, 2.24) is 4.90 Å². The first-order valence-electron chi connectivity index (χ1n) is 5.91. The van der Waals surface area contributed by atoms with Gasteiger partial charge in [0.25, 0.3) is 0 Å². The lowest BCUT2D eigenvalue weighted by atomic mass is 10.1. The Hall–Kier alpha value is -0.860. The molecule has 2 N–H and O–H groups in total. The lowest BCUT2D eigenvalue weighted by Gasteiger charge is -2.30. The third kappa shape index (κ3) is 4.77. The fraction of sp³-hybridized carbons (Fsp3) is 0.571. The maximum Gasteiger partial charge on any atom is 0.00414 e. The van der Waals surface area contributed by atoms with E-state index in [9.17, 15) is 0 Å². The van der Waals surface area contributed by atoms with Crippen LogP contribution in [0.4, 0.5) is 0 Å². The Morgan fingerprint density at radius 1 is 0.938 bits per heavy atom. The van der Waals surface area contributed by atoms with Crippen molar-refractivity contribution in [2.75, 3.05) is 6.54 Å². The minimum absolute atomic E-state index is 0. The molecule has 0 saturated carbocycles. The molecule has 92 valence electrons. The molecule has 0 radical (unpaired) electrons. The molecule has 0 heterocycles. The lowest BCUT2D eigenvalue weighted by Crippen LogP contribution is -2.38. The molecule has 0 aliphatic carbocycles. The number of benzene rings is 1. The largest absolute Gasteiger partial charge is 0.412 e. The van der Waals surface area contributed by atoms with Crippen LogP contribution in [0.25, 0.3) is 0 Å². The van der Waals surface area contributed by atoms with E-state index in [0.717, 1.165) is 13.0 Å². The van der Waals surface area contributed by atoms with Gasteiger partial charge in [-0.2, -0.15) is 0 Å². The highest BCUT2D eigenvalue weighted by Crippen LogP contribution is 2.07. The normalized spacial score (nSPS) is 10.9. The Bertz CT molecular complexity index is 261. The molecule has 1 rings (SSSR count). The van der Waals surface area contributed by atoms with Crippen LogP contribution in [0.5, 0.6) is 0 Å². The molecule has 0 bridgehead atoms. The molecule has 0 saturated heterocycles. The molecule has 1 aromatic rings. The van der Waals surface area contributed by atoms with Crippen LogP contribution in [-0.4, -0.2) is 29.0 Å². The van der Waals surface area contributed by atoms with Gasteiger partial charge in [-0.1, -0.05) is 30.3 Å². The molecule has 0 spiro atoms. The molecule has 2 nitrogen and oxygen atoms in total. The molecule has 0 amide bonds. The van der Waals surface area contributed by atoms with Crippen molar-refractivity contribution in [2.24, 2.45) is 0 Å². The average molecular weight is 223 g/mol. The van der Waals surface area contributed by atoms with Crippen molar-refractivity contribution in [3.05, 3.63) is 35.9 Å². The van der Waals surface area contributed by atoms with Gasteiger partial charge in [0.2, 0.25) is 0 Å². The maximum atomic E-state index is 2.53. The predicted octanol–water partition coefficient (Wildman–Crippen LogP) is 2.52. The Balaban J connectivity index is 0.00000225. The average Bonchev–Trinajstić information content (AvgIpc) is 2.18. The standard InChI is InChI=1S/C14H23N.H2O/c1-12(2)15(13(3)4)11-10-14-8-6-5-7-9-14;/h5-9,12-13H,10-11H2,1-4H3;1H2. The van der Waals surface area contributed by atoms with Gasteiger partial charge in [-0.05, 0) is 39.7 Å². The van der Waals surface area contributed by atoms with Crippen LogP contribution in [0.3, 0.4) is 0 Å². The van der Waals surface area contributed by atoms with Crippen LogP contribution in [0.2, 0.25) is 0 Å². The van der Waals surface area contributed by atoms with Crippen LogP contribution in [-0.2, 0) is 6.42 Å². The Labute approximate surface area is 99.6 Å². The predicted molar refractivity (Wildman–Crippen MR) is 70.7 cm³/mol. The van der Waals surface area contributed by atoms with Crippen molar-refractivity contribution < 1.29 is 5.48 Å². The van der Waals surface area contributed by atoms with Crippen LogP contribution >= 0.6 is 0 Å². The van der Waals surface area contributed by atoms with Crippen molar-refractivity contribution in [2.45, 2.75) is 46.2 Å². The van der Waals surface area contributed by atoms with E-state index in [-0.39, 0.29) is 5.48 Å². The summed E-state index contributed by atoms with van der Waals surface area (Å²) in [5.41, 5.74) is 1.43. The maximum absolute atomic E-state index is 2.53. The highest BCUT2D eigenvalue weighted by molar-refractivity contribution is 5.14. The first-order chi connectivity index (χ1) is 7.11. The summed E-state index contributed by atoms with van der Waals surface area (Å²) in [5, 5.41) is 0. The molecule has 0 unspecified atom stereocenters. The van der Waals surface area contributed by atoms with Crippen LogP contribution in [0.1, 0.15) is 33.3 Å². The van der Waals surface area contributed by atoms with Crippen molar-refractivity contribution >= 4 is 0 Å². The van der Waals surface area contributed by atoms with E-state index < -0.39 is 0 Å². The summed E-state index contributed by atoms with van der Waals surface area (Å²) in [6.45, 7) is 10.2. The quantitative estimate of drug-likeness (QED) is 0.755. The van der Waals surface area contributed by atoms with Crippen molar-refractivity contribution in [3.63, 3.8) is 0 Å². The zero-order chi connectivity index (χ0) is 11.3. The molecular weight excluding hydrogens is 198 g/mol. The minimum Gasteiger partial charge on any atom is -0.412 e. The monoisotopic (exact) mass is 223 g/mol. The number of hydrogen-bond donors (Lipinski definition) is 0. The summed E-state index contributed by atoms with van der Waals surface area (Å²) < 4.78 is 0. The summed E-state index contributed by atoms with van der Waals surface area (Å²) in [7, 11) is 0. The molecule has 0 fully saturated rings. The Morgan fingerprint density at radius 3 is 1.88 bits per heavy atom. The van der Waals surface area contributed by atoms with Crippen LogP contribution in [0.15, 0.2) is 30.3 Å². The van der Waals surface area contributed by atoms with E-state index in [1.807, 2.05) is 0 Å². The minimum atomic E-state index is 0. The molecule has 2 heteroatoms. The fourth-order valence-corrected chi connectivity index (χ4v) is 2.02. The van der Waals surface area contributed by atoms with E-state index in [2.05, 4.69) is 62.9 Å². The van der Waals surface area contributed by atoms with E-state index in [1.54, 1.807) is 0 Å².